The summed E-state index contributed by atoms with van der Waals surface area (Å²) >= 11 is 6.09. The standard InChI is InChI=1S/C15H19ClN2O4/c1-4-18(7-13(19)17-9(2)3)15(20)10-5-11(16)14-12(6-10)21-8-22-14/h5-6,9H,4,7-8H2,1-3H3,(H,17,19). The molecule has 22 heavy (non-hydrogen) atoms. The summed E-state index contributed by atoms with van der Waals surface area (Å²) in [7, 11) is 0. The van der Waals surface area contributed by atoms with Gasteiger partial charge in [-0.05, 0) is 32.9 Å². The van der Waals surface area contributed by atoms with Crippen LogP contribution in [-0.2, 0) is 4.79 Å². The fourth-order valence-electron chi connectivity index (χ4n) is 2.14. The second-order valence-electron chi connectivity index (χ2n) is 5.23. The first-order valence-electron chi connectivity index (χ1n) is 7.10. The molecule has 1 N–H and O–H groups in total. The van der Waals surface area contributed by atoms with Gasteiger partial charge in [-0.3, -0.25) is 9.59 Å². The number of halogens is 1. The third-order valence-corrected chi connectivity index (χ3v) is 3.41. The predicted octanol–water partition coefficient (Wildman–Crippen LogP) is 2.06. The Morgan fingerprint density at radius 3 is 2.73 bits per heavy atom. The molecule has 2 rings (SSSR count). The van der Waals surface area contributed by atoms with Crippen LogP contribution in [0, 0.1) is 0 Å². The molecule has 0 aliphatic carbocycles. The van der Waals surface area contributed by atoms with Crippen LogP contribution in [0.15, 0.2) is 12.1 Å². The Morgan fingerprint density at radius 1 is 1.36 bits per heavy atom. The van der Waals surface area contributed by atoms with Crippen molar-refractivity contribution in [3.8, 4) is 11.5 Å². The summed E-state index contributed by atoms with van der Waals surface area (Å²) in [5.41, 5.74) is 0.369. The number of ether oxygens (including phenoxy) is 2. The number of benzene rings is 1. The first-order valence-corrected chi connectivity index (χ1v) is 7.48. The molecule has 0 fully saturated rings. The van der Waals surface area contributed by atoms with Crippen molar-refractivity contribution in [2.75, 3.05) is 19.9 Å². The fourth-order valence-corrected chi connectivity index (χ4v) is 2.41. The predicted molar refractivity (Wildman–Crippen MR) is 82.4 cm³/mol. The van der Waals surface area contributed by atoms with Gasteiger partial charge in [0.2, 0.25) is 12.7 Å². The Bertz CT molecular complexity index is 589. The van der Waals surface area contributed by atoms with Gasteiger partial charge >= 0.3 is 0 Å². The summed E-state index contributed by atoms with van der Waals surface area (Å²) in [4.78, 5) is 25.8. The number of hydrogen-bond donors (Lipinski definition) is 1. The number of hydrogen-bond acceptors (Lipinski definition) is 4. The molecular weight excluding hydrogens is 308 g/mol. The van der Waals surface area contributed by atoms with E-state index in [0.29, 0.717) is 28.6 Å². The molecule has 0 saturated carbocycles. The van der Waals surface area contributed by atoms with Crippen molar-refractivity contribution in [2.24, 2.45) is 0 Å². The molecule has 0 atom stereocenters. The third kappa shape index (κ3) is 3.62. The van der Waals surface area contributed by atoms with Crippen molar-refractivity contribution < 1.29 is 19.1 Å². The van der Waals surface area contributed by atoms with E-state index in [2.05, 4.69) is 5.32 Å². The zero-order chi connectivity index (χ0) is 16.3. The summed E-state index contributed by atoms with van der Waals surface area (Å²) in [5.74, 6) is 0.413. The van der Waals surface area contributed by atoms with Crippen molar-refractivity contribution in [3.05, 3.63) is 22.7 Å². The van der Waals surface area contributed by atoms with Crippen LogP contribution in [0.3, 0.4) is 0 Å². The van der Waals surface area contributed by atoms with E-state index in [4.69, 9.17) is 21.1 Å². The molecule has 1 aliphatic rings. The minimum absolute atomic E-state index is 0.000422. The molecule has 1 aromatic carbocycles. The van der Waals surface area contributed by atoms with Gasteiger partial charge in [0.05, 0.1) is 11.6 Å². The molecule has 1 aliphatic heterocycles. The monoisotopic (exact) mass is 326 g/mol. The van der Waals surface area contributed by atoms with Crippen LogP contribution in [0.4, 0.5) is 0 Å². The second-order valence-corrected chi connectivity index (χ2v) is 5.64. The van der Waals surface area contributed by atoms with E-state index in [0.717, 1.165) is 0 Å². The summed E-state index contributed by atoms with van der Waals surface area (Å²) in [5, 5.41) is 3.08. The van der Waals surface area contributed by atoms with Gasteiger partial charge in [-0.25, -0.2) is 0 Å². The van der Waals surface area contributed by atoms with Gasteiger partial charge in [-0.15, -0.1) is 0 Å². The molecule has 6 nitrogen and oxygen atoms in total. The van der Waals surface area contributed by atoms with Crippen LogP contribution in [0.1, 0.15) is 31.1 Å². The van der Waals surface area contributed by atoms with Crippen molar-refractivity contribution in [1.82, 2.24) is 10.2 Å². The minimum Gasteiger partial charge on any atom is -0.454 e. The lowest BCUT2D eigenvalue weighted by Crippen LogP contribution is -2.42. The topological polar surface area (TPSA) is 67.9 Å². The van der Waals surface area contributed by atoms with Crippen molar-refractivity contribution >= 4 is 23.4 Å². The Morgan fingerprint density at radius 2 is 2.09 bits per heavy atom. The second kappa shape index (κ2) is 6.87. The highest BCUT2D eigenvalue weighted by molar-refractivity contribution is 6.32. The van der Waals surface area contributed by atoms with Crippen molar-refractivity contribution in [3.63, 3.8) is 0 Å². The number of rotatable bonds is 5. The number of amides is 2. The number of carbonyl (C=O) groups excluding carboxylic acids is 2. The molecule has 0 saturated heterocycles. The van der Waals surface area contributed by atoms with Gasteiger partial charge in [0.15, 0.2) is 11.5 Å². The Balaban J connectivity index is 2.15. The SMILES string of the molecule is CCN(CC(=O)NC(C)C)C(=O)c1cc(Cl)c2c(c1)OCO2. The normalized spacial score (nSPS) is 12.4. The summed E-state index contributed by atoms with van der Waals surface area (Å²) in [6.45, 7) is 6.05. The molecule has 0 bridgehead atoms. The van der Waals surface area contributed by atoms with Crippen molar-refractivity contribution in [1.29, 1.82) is 0 Å². The van der Waals surface area contributed by atoms with E-state index >= 15 is 0 Å². The number of carbonyl (C=O) groups is 2. The zero-order valence-electron chi connectivity index (χ0n) is 12.8. The average Bonchev–Trinajstić information content (AvgIpc) is 2.92. The Kier molecular flexibility index (Phi) is 5.13. The van der Waals surface area contributed by atoms with Crippen molar-refractivity contribution in [2.45, 2.75) is 26.8 Å². The highest BCUT2D eigenvalue weighted by Crippen LogP contribution is 2.39. The molecule has 7 heteroatoms. The summed E-state index contributed by atoms with van der Waals surface area (Å²) in [6.07, 6.45) is 0. The van der Waals surface area contributed by atoms with E-state index in [1.807, 2.05) is 20.8 Å². The van der Waals surface area contributed by atoms with Crippen LogP contribution in [0.2, 0.25) is 5.02 Å². The van der Waals surface area contributed by atoms with Crippen LogP contribution < -0.4 is 14.8 Å². The number of likely N-dealkylation sites (N-methyl/N-ethyl adjacent to an activating group) is 1. The molecule has 1 aromatic rings. The highest BCUT2D eigenvalue weighted by atomic mass is 35.5. The van der Waals surface area contributed by atoms with Gasteiger partial charge < -0.3 is 19.7 Å². The van der Waals surface area contributed by atoms with Gasteiger partial charge in [0, 0.05) is 18.2 Å². The maximum absolute atomic E-state index is 12.5. The minimum atomic E-state index is -0.276. The molecule has 0 aromatic heterocycles. The Hall–Kier alpha value is -1.95. The quantitative estimate of drug-likeness (QED) is 0.899. The molecule has 120 valence electrons. The highest BCUT2D eigenvalue weighted by Gasteiger charge is 2.24. The molecule has 0 radical (unpaired) electrons. The molecular formula is C15H19ClN2O4. The average molecular weight is 327 g/mol. The lowest BCUT2D eigenvalue weighted by atomic mass is 10.1. The van der Waals surface area contributed by atoms with Crippen LogP contribution in [0.5, 0.6) is 11.5 Å². The van der Waals surface area contributed by atoms with Gasteiger partial charge in [-0.2, -0.15) is 0 Å². The first-order chi connectivity index (χ1) is 10.4. The number of nitrogens with zero attached hydrogens (tertiary/aromatic N) is 1. The Labute approximate surface area is 134 Å². The maximum atomic E-state index is 12.5. The van der Waals surface area contributed by atoms with E-state index < -0.39 is 0 Å². The van der Waals surface area contributed by atoms with Crippen LogP contribution in [0.25, 0.3) is 0 Å². The molecule has 0 unspecified atom stereocenters. The van der Waals surface area contributed by atoms with E-state index in [-0.39, 0.29) is 31.2 Å². The van der Waals surface area contributed by atoms with Gasteiger partial charge in [0.25, 0.3) is 5.91 Å². The maximum Gasteiger partial charge on any atom is 0.254 e. The molecule has 1 heterocycles. The molecule has 0 spiro atoms. The zero-order valence-corrected chi connectivity index (χ0v) is 13.6. The van der Waals surface area contributed by atoms with E-state index in [1.165, 1.54) is 11.0 Å². The lowest BCUT2D eigenvalue weighted by Gasteiger charge is -2.21. The third-order valence-electron chi connectivity index (χ3n) is 3.13. The van der Waals surface area contributed by atoms with Crippen LogP contribution >= 0.6 is 11.6 Å². The smallest absolute Gasteiger partial charge is 0.254 e. The first kappa shape index (κ1) is 16.4. The largest absolute Gasteiger partial charge is 0.454 e. The van der Waals surface area contributed by atoms with Gasteiger partial charge in [0.1, 0.15) is 0 Å². The summed E-state index contributed by atoms with van der Waals surface area (Å²) in [6, 6.07) is 3.14. The lowest BCUT2D eigenvalue weighted by molar-refractivity contribution is -0.122. The van der Waals surface area contributed by atoms with E-state index in [1.54, 1.807) is 6.07 Å². The van der Waals surface area contributed by atoms with Gasteiger partial charge in [-0.1, -0.05) is 11.6 Å². The van der Waals surface area contributed by atoms with E-state index in [9.17, 15) is 9.59 Å². The number of fused-ring (bicyclic) bond motifs is 1. The van der Waals surface area contributed by atoms with Crippen LogP contribution in [-0.4, -0.2) is 42.6 Å². The number of nitrogens with one attached hydrogen (secondary N) is 1. The fraction of sp³-hybridized carbons (Fsp3) is 0.467. The molecule has 2 amide bonds. The summed E-state index contributed by atoms with van der Waals surface area (Å²) < 4.78 is 10.5.